The van der Waals surface area contributed by atoms with E-state index in [-0.39, 0.29) is 11.8 Å². The van der Waals surface area contributed by atoms with Gasteiger partial charge in [-0.2, -0.15) is 0 Å². The van der Waals surface area contributed by atoms with E-state index in [1.165, 1.54) is 6.08 Å². The van der Waals surface area contributed by atoms with Crippen molar-refractivity contribution in [2.75, 3.05) is 0 Å². The highest BCUT2D eigenvalue weighted by atomic mass is 17.1. The fourth-order valence-corrected chi connectivity index (χ4v) is 4.89. The maximum Gasteiger partial charge on any atom is 0.331 e. The Morgan fingerprint density at radius 2 is 1.90 bits per heavy atom. The van der Waals surface area contributed by atoms with E-state index in [9.17, 15) is 15.2 Å². The van der Waals surface area contributed by atoms with Gasteiger partial charge in [0, 0.05) is 17.4 Å². The van der Waals surface area contributed by atoms with Crippen LogP contribution in [0.2, 0.25) is 0 Å². The minimum atomic E-state index is -0.866. The average molecular weight is 401 g/mol. The molecule has 2 aliphatic carbocycles. The highest BCUT2D eigenvalue weighted by molar-refractivity contribution is 5.87. The van der Waals surface area contributed by atoms with Crippen molar-refractivity contribution in [2.24, 2.45) is 17.3 Å². The smallest absolute Gasteiger partial charge is 0.331 e. The predicted octanol–water partition coefficient (Wildman–Crippen LogP) is 4.62. The molecule has 0 amide bonds. The lowest BCUT2D eigenvalue weighted by Gasteiger charge is -2.57. The number of ether oxygens (including phenoxy) is 1. The van der Waals surface area contributed by atoms with Gasteiger partial charge < -0.3 is 9.84 Å². The highest BCUT2D eigenvalue weighted by Crippen LogP contribution is 2.56. The van der Waals surface area contributed by atoms with Crippen molar-refractivity contribution in [3.05, 3.63) is 54.1 Å². The molecule has 158 valence electrons. The van der Waals surface area contributed by atoms with Crippen LogP contribution < -0.4 is 0 Å². The van der Waals surface area contributed by atoms with E-state index in [0.29, 0.717) is 19.3 Å². The van der Waals surface area contributed by atoms with Crippen molar-refractivity contribution in [3.8, 4) is 0 Å². The summed E-state index contributed by atoms with van der Waals surface area (Å²) in [7, 11) is 0. The molecule has 2 N–H and O–H groups in total. The summed E-state index contributed by atoms with van der Waals surface area (Å²) in [6.07, 6.45) is 7.98. The highest BCUT2D eigenvalue weighted by Gasteiger charge is 2.59. The number of benzene rings is 1. The third-order valence-corrected chi connectivity index (χ3v) is 7.06. The molecule has 0 saturated heterocycles. The van der Waals surface area contributed by atoms with E-state index < -0.39 is 28.7 Å². The summed E-state index contributed by atoms with van der Waals surface area (Å²) in [5.41, 5.74) is -1.29. The summed E-state index contributed by atoms with van der Waals surface area (Å²) in [6.45, 7) is 7.88. The van der Waals surface area contributed by atoms with Crippen molar-refractivity contribution in [3.63, 3.8) is 0 Å². The zero-order valence-electron chi connectivity index (χ0n) is 17.7. The molecular formula is C24H32O5. The fraction of sp³-hybridized carbons (Fsp3) is 0.542. The zero-order chi connectivity index (χ0) is 21.3. The van der Waals surface area contributed by atoms with Gasteiger partial charge in [0.15, 0.2) is 0 Å². The van der Waals surface area contributed by atoms with Crippen molar-refractivity contribution >= 4 is 12.0 Å². The van der Waals surface area contributed by atoms with Crippen LogP contribution in [0, 0.1) is 17.3 Å². The molecule has 0 spiro atoms. The largest absolute Gasteiger partial charge is 0.456 e. The number of hydrogen-bond donors (Lipinski definition) is 2. The van der Waals surface area contributed by atoms with Gasteiger partial charge in [0.1, 0.15) is 11.2 Å². The fourth-order valence-electron chi connectivity index (χ4n) is 4.89. The lowest BCUT2D eigenvalue weighted by atomic mass is 9.53. The minimum Gasteiger partial charge on any atom is -0.456 e. The van der Waals surface area contributed by atoms with E-state index >= 15 is 0 Å². The number of rotatable bonds is 5. The third kappa shape index (κ3) is 4.04. The molecule has 0 radical (unpaired) electrons. The molecule has 0 aliphatic heterocycles. The first-order chi connectivity index (χ1) is 13.7. The summed E-state index contributed by atoms with van der Waals surface area (Å²) in [5.74, 6) is -0.595. The summed E-state index contributed by atoms with van der Waals surface area (Å²) in [4.78, 5) is 17.6. The van der Waals surface area contributed by atoms with E-state index in [1.54, 1.807) is 6.08 Å². The second-order valence-electron chi connectivity index (χ2n) is 9.19. The van der Waals surface area contributed by atoms with Crippen LogP contribution >= 0.6 is 0 Å². The van der Waals surface area contributed by atoms with Gasteiger partial charge in [0.25, 0.3) is 0 Å². The Labute approximate surface area is 173 Å². The van der Waals surface area contributed by atoms with Crippen LogP contribution in [-0.4, -0.2) is 33.6 Å². The van der Waals surface area contributed by atoms with Crippen LogP contribution in [0.4, 0.5) is 0 Å². The van der Waals surface area contributed by atoms with Crippen LogP contribution in [0.1, 0.15) is 52.5 Å². The van der Waals surface area contributed by atoms with Gasteiger partial charge in [-0.05, 0) is 43.7 Å². The molecule has 3 rings (SSSR count). The number of hydrogen-bond acceptors (Lipinski definition) is 5. The van der Waals surface area contributed by atoms with Crippen LogP contribution in [0.3, 0.4) is 0 Å². The van der Waals surface area contributed by atoms with Gasteiger partial charge in [-0.1, -0.05) is 63.3 Å². The Morgan fingerprint density at radius 3 is 2.52 bits per heavy atom. The average Bonchev–Trinajstić information content (AvgIpc) is 2.70. The van der Waals surface area contributed by atoms with E-state index in [4.69, 9.17) is 9.62 Å². The normalized spacial score (nSPS) is 36.9. The zero-order valence-corrected chi connectivity index (χ0v) is 17.7. The Kier molecular flexibility index (Phi) is 6.04. The van der Waals surface area contributed by atoms with Gasteiger partial charge in [0.2, 0.25) is 0 Å². The van der Waals surface area contributed by atoms with Crippen molar-refractivity contribution in [2.45, 2.75) is 64.3 Å². The first-order valence-electron chi connectivity index (χ1n) is 10.3. The second kappa shape index (κ2) is 8.05. The SMILES string of the molecule is CC(C)[C@]1(OO)C=C[C@@]2(C)[C@H](O)CC[C@](C)(OC(=O)/C=C/c3ccccc3)[C@@H]2C1. The summed E-state index contributed by atoms with van der Waals surface area (Å²) in [5, 5.41) is 20.4. The lowest BCUT2D eigenvalue weighted by molar-refractivity contribution is -0.332. The number of fused-ring (bicyclic) bond motifs is 1. The Bertz CT molecular complexity index is 786. The standard InChI is InChI=1S/C24H32O5/c1-17(2)24(29-27)15-14-22(3)19(16-24)23(4,13-12-20(22)25)28-21(26)11-10-18-8-6-5-7-9-18/h5-11,14-15,17,19-20,25,27H,12-13,16H2,1-4H3/b11-10+/t19-,20-,22-,23+,24+/m1/s1. The van der Waals surface area contributed by atoms with Crippen molar-refractivity contribution in [1.82, 2.24) is 0 Å². The minimum absolute atomic E-state index is 0.0188. The molecule has 1 saturated carbocycles. The maximum absolute atomic E-state index is 12.6. The van der Waals surface area contributed by atoms with Gasteiger partial charge in [-0.15, -0.1) is 0 Å². The van der Waals surface area contributed by atoms with Gasteiger partial charge in [-0.25, -0.2) is 9.68 Å². The molecule has 1 aromatic rings. The van der Waals surface area contributed by atoms with Gasteiger partial charge >= 0.3 is 5.97 Å². The second-order valence-corrected chi connectivity index (χ2v) is 9.19. The lowest BCUT2D eigenvalue weighted by Crippen LogP contribution is -2.60. The molecule has 1 aromatic carbocycles. The first-order valence-corrected chi connectivity index (χ1v) is 10.3. The Hall–Kier alpha value is -1.95. The summed E-state index contributed by atoms with van der Waals surface area (Å²) in [6, 6.07) is 9.58. The van der Waals surface area contributed by atoms with Crippen molar-refractivity contribution < 1.29 is 24.8 Å². The molecule has 29 heavy (non-hydrogen) atoms. The van der Waals surface area contributed by atoms with Crippen LogP contribution in [0.25, 0.3) is 6.08 Å². The number of aliphatic hydroxyl groups excluding tert-OH is 1. The number of carbonyl (C=O) groups is 1. The quantitative estimate of drug-likeness (QED) is 0.248. The van der Waals surface area contributed by atoms with E-state index in [1.807, 2.05) is 70.2 Å². The number of carbonyl (C=O) groups excluding carboxylic acids is 1. The summed E-state index contributed by atoms with van der Waals surface area (Å²) < 4.78 is 5.99. The topological polar surface area (TPSA) is 76.0 Å². The predicted molar refractivity (Wildman–Crippen MR) is 112 cm³/mol. The van der Waals surface area contributed by atoms with E-state index in [0.717, 1.165) is 5.56 Å². The van der Waals surface area contributed by atoms with Crippen LogP contribution in [0.5, 0.6) is 0 Å². The molecule has 0 unspecified atom stereocenters. The number of esters is 1. The van der Waals surface area contributed by atoms with E-state index in [2.05, 4.69) is 0 Å². The first kappa shape index (κ1) is 21.8. The van der Waals surface area contributed by atoms with Gasteiger partial charge in [-0.3, -0.25) is 5.26 Å². The molecule has 2 aliphatic rings. The third-order valence-electron chi connectivity index (χ3n) is 7.06. The van der Waals surface area contributed by atoms with Crippen LogP contribution in [0.15, 0.2) is 48.6 Å². The Morgan fingerprint density at radius 1 is 1.21 bits per heavy atom. The van der Waals surface area contributed by atoms with Crippen LogP contribution in [-0.2, 0) is 14.4 Å². The summed E-state index contributed by atoms with van der Waals surface area (Å²) >= 11 is 0. The molecule has 5 nitrogen and oxygen atoms in total. The van der Waals surface area contributed by atoms with Crippen molar-refractivity contribution in [1.29, 1.82) is 0 Å². The molecular weight excluding hydrogens is 368 g/mol. The molecule has 0 aromatic heterocycles. The monoisotopic (exact) mass is 400 g/mol. The maximum atomic E-state index is 12.6. The Balaban J connectivity index is 1.87. The van der Waals surface area contributed by atoms with Gasteiger partial charge in [0.05, 0.1) is 6.10 Å². The number of aliphatic hydroxyl groups is 1. The molecule has 0 bridgehead atoms. The molecule has 1 fully saturated rings. The molecule has 5 heteroatoms. The molecule has 0 heterocycles. The molecule has 5 atom stereocenters.